The first-order valence-corrected chi connectivity index (χ1v) is 5.92. The smallest absolute Gasteiger partial charge is 0.233 e. The molecule has 1 unspecified atom stereocenters. The lowest BCUT2D eigenvalue weighted by molar-refractivity contribution is -0.121. The van der Waals surface area contributed by atoms with E-state index in [0.29, 0.717) is 12.5 Å². The molecule has 0 aromatic carbocycles. The highest BCUT2D eigenvalue weighted by molar-refractivity contribution is 5.85. The van der Waals surface area contributed by atoms with Gasteiger partial charge in [-0.3, -0.25) is 9.69 Å². The molecule has 0 aromatic rings. The van der Waals surface area contributed by atoms with E-state index in [0.717, 1.165) is 26.2 Å². The van der Waals surface area contributed by atoms with Gasteiger partial charge in [0.05, 0.1) is 19.3 Å². The Hall–Kier alpha value is -0.0700. The van der Waals surface area contributed by atoms with Crippen LogP contribution in [0.2, 0.25) is 0 Å². The maximum Gasteiger partial charge on any atom is 0.233 e. The Morgan fingerprint density at radius 2 is 2.17 bits per heavy atom. The van der Waals surface area contributed by atoms with E-state index in [2.05, 4.69) is 24.1 Å². The van der Waals surface area contributed by atoms with E-state index < -0.39 is 0 Å². The first-order chi connectivity index (χ1) is 7.61. The molecule has 0 aliphatic carbocycles. The molecule has 1 aliphatic heterocycles. The largest absolute Gasteiger partial charge is 0.374 e. The van der Waals surface area contributed by atoms with Gasteiger partial charge in [0.15, 0.2) is 0 Å². The zero-order chi connectivity index (χ0) is 12.0. The van der Waals surface area contributed by atoms with Crippen LogP contribution in [-0.2, 0) is 9.53 Å². The summed E-state index contributed by atoms with van der Waals surface area (Å²) < 4.78 is 5.59. The number of ether oxygens (including phenoxy) is 1. The van der Waals surface area contributed by atoms with Crippen LogP contribution in [0.25, 0.3) is 0 Å². The van der Waals surface area contributed by atoms with Crippen molar-refractivity contribution in [1.82, 2.24) is 10.2 Å². The molecule has 1 heterocycles. The second-order valence-corrected chi connectivity index (χ2v) is 4.65. The molecule has 0 bridgehead atoms. The van der Waals surface area contributed by atoms with E-state index in [-0.39, 0.29) is 43.4 Å². The molecule has 1 aliphatic rings. The highest BCUT2D eigenvalue weighted by atomic mass is 35.5. The van der Waals surface area contributed by atoms with Crippen molar-refractivity contribution >= 4 is 30.7 Å². The van der Waals surface area contributed by atoms with Crippen molar-refractivity contribution < 1.29 is 9.53 Å². The SMILES string of the molecule is CC(C)CN1CCOC(CNC(=O)CN)C1.Cl.Cl. The number of nitrogens with two attached hydrogens (primary N) is 1. The van der Waals surface area contributed by atoms with Gasteiger partial charge in [0.2, 0.25) is 5.91 Å². The van der Waals surface area contributed by atoms with Crippen molar-refractivity contribution in [3.8, 4) is 0 Å². The minimum Gasteiger partial charge on any atom is -0.374 e. The van der Waals surface area contributed by atoms with Crippen molar-refractivity contribution in [3.63, 3.8) is 0 Å². The fourth-order valence-electron chi connectivity index (χ4n) is 1.89. The summed E-state index contributed by atoms with van der Waals surface area (Å²) in [4.78, 5) is 13.4. The fraction of sp³-hybridized carbons (Fsp3) is 0.909. The number of carbonyl (C=O) groups excluding carboxylic acids is 1. The van der Waals surface area contributed by atoms with Gasteiger partial charge >= 0.3 is 0 Å². The Balaban J connectivity index is 0. The molecule has 18 heavy (non-hydrogen) atoms. The molecule has 0 saturated carbocycles. The van der Waals surface area contributed by atoms with Gasteiger partial charge in [-0.05, 0) is 5.92 Å². The van der Waals surface area contributed by atoms with E-state index in [1.54, 1.807) is 0 Å². The monoisotopic (exact) mass is 301 g/mol. The molecule has 3 N–H and O–H groups in total. The summed E-state index contributed by atoms with van der Waals surface area (Å²) in [5.74, 6) is 0.543. The number of hydrogen-bond acceptors (Lipinski definition) is 4. The van der Waals surface area contributed by atoms with Gasteiger partial charge in [0.25, 0.3) is 0 Å². The molecule has 7 heteroatoms. The van der Waals surface area contributed by atoms with E-state index >= 15 is 0 Å². The van der Waals surface area contributed by atoms with Crippen molar-refractivity contribution in [1.29, 1.82) is 0 Å². The van der Waals surface area contributed by atoms with Gasteiger partial charge < -0.3 is 15.8 Å². The molecule has 1 saturated heterocycles. The van der Waals surface area contributed by atoms with Gasteiger partial charge in [-0.25, -0.2) is 0 Å². The Morgan fingerprint density at radius 1 is 1.50 bits per heavy atom. The molecule has 1 amide bonds. The number of hydrogen-bond donors (Lipinski definition) is 2. The zero-order valence-corrected chi connectivity index (χ0v) is 12.7. The van der Waals surface area contributed by atoms with Crippen LogP contribution in [-0.4, -0.2) is 56.2 Å². The van der Waals surface area contributed by atoms with E-state index in [4.69, 9.17) is 10.5 Å². The van der Waals surface area contributed by atoms with Crippen LogP contribution < -0.4 is 11.1 Å². The topological polar surface area (TPSA) is 67.6 Å². The molecule has 110 valence electrons. The predicted molar refractivity (Wildman–Crippen MR) is 77.6 cm³/mol. The predicted octanol–water partition coefficient (Wildman–Crippen LogP) is 0.262. The summed E-state index contributed by atoms with van der Waals surface area (Å²) in [5, 5.41) is 2.76. The normalized spacial score (nSPS) is 19.9. The molecule has 0 spiro atoms. The maximum atomic E-state index is 11.0. The average molecular weight is 302 g/mol. The molecular formula is C11H25Cl2N3O2. The van der Waals surface area contributed by atoms with Crippen LogP contribution in [0, 0.1) is 5.92 Å². The highest BCUT2D eigenvalue weighted by Gasteiger charge is 2.20. The third-order valence-corrected chi connectivity index (χ3v) is 2.56. The lowest BCUT2D eigenvalue weighted by Crippen LogP contribution is -2.49. The van der Waals surface area contributed by atoms with E-state index in [1.807, 2.05) is 0 Å². The van der Waals surface area contributed by atoms with Crippen molar-refractivity contribution in [2.24, 2.45) is 11.7 Å². The van der Waals surface area contributed by atoms with Crippen LogP contribution in [0.15, 0.2) is 0 Å². The lowest BCUT2D eigenvalue weighted by atomic mass is 10.2. The van der Waals surface area contributed by atoms with Crippen molar-refractivity contribution in [3.05, 3.63) is 0 Å². The summed E-state index contributed by atoms with van der Waals surface area (Å²) in [6, 6.07) is 0. The van der Waals surface area contributed by atoms with Gasteiger partial charge in [-0.2, -0.15) is 0 Å². The Kier molecular flexibility index (Phi) is 12.2. The molecule has 1 fully saturated rings. The minimum absolute atomic E-state index is 0. The van der Waals surface area contributed by atoms with Crippen LogP contribution in [0.4, 0.5) is 0 Å². The Bertz CT molecular complexity index is 230. The first kappa shape index (κ1) is 20.3. The number of nitrogens with one attached hydrogen (secondary N) is 1. The molecule has 1 rings (SSSR count). The average Bonchev–Trinajstić information content (AvgIpc) is 2.25. The van der Waals surface area contributed by atoms with Crippen LogP contribution >= 0.6 is 24.8 Å². The number of carbonyl (C=O) groups is 1. The van der Waals surface area contributed by atoms with Gasteiger partial charge in [-0.15, -0.1) is 24.8 Å². The van der Waals surface area contributed by atoms with E-state index in [1.165, 1.54) is 0 Å². The number of rotatable bonds is 5. The molecule has 1 atom stereocenters. The maximum absolute atomic E-state index is 11.0. The van der Waals surface area contributed by atoms with Crippen molar-refractivity contribution in [2.45, 2.75) is 20.0 Å². The minimum atomic E-state index is -0.121. The second-order valence-electron chi connectivity index (χ2n) is 4.65. The van der Waals surface area contributed by atoms with Gasteiger partial charge in [-0.1, -0.05) is 13.8 Å². The fourth-order valence-corrected chi connectivity index (χ4v) is 1.89. The molecular weight excluding hydrogens is 277 g/mol. The van der Waals surface area contributed by atoms with Crippen LogP contribution in [0.5, 0.6) is 0 Å². The first-order valence-electron chi connectivity index (χ1n) is 5.92. The molecule has 5 nitrogen and oxygen atoms in total. The number of amides is 1. The second kappa shape index (κ2) is 10.8. The summed E-state index contributed by atoms with van der Waals surface area (Å²) >= 11 is 0. The van der Waals surface area contributed by atoms with E-state index in [9.17, 15) is 4.79 Å². The highest BCUT2D eigenvalue weighted by Crippen LogP contribution is 2.07. The number of nitrogens with zero attached hydrogens (tertiary/aromatic N) is 1. The summed E-state index contributed by atoms with van der Waals surface area (Å²) in [6.07, 6.45) is 0.1000. The van der Waals surface area contributed by atoms with Gasteiger partial charge in [0.1, 0.15) is 0 Å². The van der Waals surface area contributed by atoms with Gasteiger partial charge in [0, 0.05) is 26.2 Å². The third kappa shape index (κ3) is 8.11. The number of halogens is 2. The quantitative estimate of drug-likeness (QED) is 0.764. The van der Waals surface area contributed by atoms with Crippen LogP contribution in [0.1, 0.15) is 13.8 Å². The summed E-state index contributed by atoms with van der Waals surface area (Å²) in [7, 11) is 0. The molecule has 0 radical (unpaired) electrons. The molecule has 0 aromatic heterocycles. The Labute approximate surface area is 122 Å². The summed E-state index contributed by atoms with van der Waals surface area (Å²) in [5.41, 5.74) is 5.22. The third-order valence-electron chi connectivity index (χ3n) is 2.56. The van der Waals surface area contributed by atoms with Crippen LogP contribution in [0.3, 0.4) is 0 Å². The summed E-state index contributed by atoms with van der Waals surface area (Å²) in [6.45, 7) is 8.73. The lowest BCUT2D eigenvalue weighted by Gasteiger charge is -2.33. The standard InChI is InChI=1S/C11H23N3O2.2ClH/c1-9(2)7-14-3-4-16-10(8-14)6-13-11(15)5-12;;/h9-10H,3-8,12H2,1-2H3,(H,13,15);2*1H. The number of morpholine rings is 1. The zero-order valence-electron chi connectivity index (χ0n) is 11.1. The Morgan fingerprint density at radius 3 is 2.72 bits per heavy atom. The van der Waals surface area contributed by atoms with Crippen molar-refractivity contribution in [2.75, 3.05) is 39.3 Å².